The van der Waals surface area contributed by atoms with Gasteiger partial charge in [-0.2, -0.15) is 0 Å². The van der Waals surface area contributed by atoms with Gasteiger partial charge in [-0.05, 0) is 30.0 Å². The van der Waals surface area contributed by atoms with Gasteiger partial charge in [-0.1, -0.05) is 0 Å². The predicted molar refractivity (Wildman–Crippen MR) is 70.4 cm³/mol. The standard InChI is InChI=1S/C14H18N2O3/c1-19-13-3-2-9(4-12(13)17)14(18)16-7-10-5-15-6-11(10)8-16/h2-4,10-11,15,17H,5-8H2,1H3/t10-,11+. The lowest BCUT2D eigenvalue weighted by Gasteiger charge is -2.18. The number of amides is 1. The zero-order valence-corrected chi connectivity index (χ0v) is 10.9. The van der Waals surface area contributed by atoms with Crippen LogP contribution >= 0.6 is 0 Å². The molecule has 0 saturated carbocycles. The van der Waals surface area contributed by atoms with Gasteiger partial charge in [0.25, 0.3) is 5.91 Å². The van der Waals surface area contributed by atoms with E-state index in [1.165, 1.54) is 13.2 Å². The maximum absolute atomic E-state index is 12.4. The van der Waals surface area contributed by atoms with Crippen LogP contribution in [0.2, 0.25) is 0 Å². The fraction of sp³-hybridized carbons (Fsp3) is 0.500. The molecule has 2 N–H and O–H groups in total. The molecule has 0 aromatic heterocycles. The van der Waals surface area contributed by atoms with E-state index in [-0.39, 0.29) is 11.7 Å². The maximum Gasteiger partial charge on any atom is 0.254 e. The number of nitrogens with one attached hydrogen (secondary N) is 1. The predicted octanol–water partition coefficient (Wildman–Crippen LogP) is 0.692. The molecule has 1 amide bonds. The van der Waals surface area contributed by atoms with Crippen molar-refractivity contribution >= 4 is 5.91 Å². The molecule has 2 aliphatic heterocycles. The average molecular weight is 262 g/mol. The first-order valence-electron chi connectivity index (χ1n) is 6.56. The summed E-state index contributed by atoms with van der Waals surface area (Å²) in [6.45, 7) is 3.62. The lowest BCUT2D eigenvalue weighted by Crippen LogP contribution is -2.31. The number of nitrogens with zero attached hydrogens (tertiary/aromatic N) is 1. The number of carbonyl (C=O) groups is 1. The monoisotopic (exact) mass is 262 g/mol. The fourth-order valence-electron chi connectivity index (χ4n) is 3.03. The van der Waals surface area contributed by atoms with Crippen molar-refractivity contribution in [2.45, 2.75) is 0 Å². The van der Waals surface area contributed by atoms with Crippen LogP contribution in [0, 0.1) is 11.8 Å². The van der Waals surface area contributed by atoms with Gasteiger partial charge in [0.15, 0.2) is 11.5 Å². The van der Waals surface area contributed by atoms with E-state index in [0.29, 0.717) is 23.1 Å². The highest BCUT2D eigenvalue weighted by atomic mass is 16.5. The third-order valence-electron chi connectivity index (χ3n) is 4.10. The number of fused-ring (bicyclic) bond motifs is 1. The first kappa shape index (κ1) is 12.3. The Balaban J connectivity index is 1.75. The highest BCUT2D eigenvalue weighted by Gasteiger charge is 2.38. The molecule has 102 valence electrons. The number of hydrogen-bond acceptors (Lipinski definition) is 4. The summed E-state index contributed by atoms with van der Waals surface area (Å²) in [6, 6.07) is 4.81. The third kappa shape index (κ3) is 2.14. The number of carbonyl (C=O) groups excluding carboxylic acids is 1. The van der Waals surface area contributed by atoms with E-state index in [4.69, 9.17) is 4.74 Å². The van der Waals surface area contributed by atoms with Gasteiger partial charge in [-0.3, -0.25) is 4.79 Å². The number of hydrogen-bond donors (Lipinski definition) is 2. The van der Waals surface area contributed by atoms with Crippen LogP contribution in [-0.2, 0) is 0 Å². The van der Waals surface area contributed by atoms with Crippen LogP contribution in [0.15, 0.2) is 18.2 Å². The van der Waals surface area contributed by atoms with Gasteiger partial charge in [-0.25, -0.2) is 0 Å². The molecule has 5 heteroatoms. The van der Waals surface area contributed by atoms with Gasteiger partial charge in [0.1, 0.15) is 0 Å². The lowest BCUT2D eigenvalue weighted by atomic mass is 10.0. The number of rotatable bonds is 2. The number of likely N-dealkylation sites (tertiary alicyclic amines) is 1. The quantitative estimate of drug-likeness (QED) is 0.823. The molecule has 0 unspecified atom stereocenters. The number of ether oxygens (including phenoxy) is 1. The minimum atomic E-state index is -0.00708. The van der Waals surface area contributed by atoms with Gasteiger partial charge < -0.3 is 20.1 Å². The van der Waals surface area contributed by atoms with Crippen molar-refractivity contribution in [1.29, 1.82) is 0 Å². The zero-order valence-electron chi connectivity index (χ0n) is 10.9. The Morgan fingerprint density at radius 2 is 2.05 bits per heavy atom. The van der Waals surface area contributed by atoms with E-state index in [9.17, 15) is 9.90 Å². The van der Waals surface area contributed by atoms with Crippen LogP contribution in [0.5, 0.6) is 11.5 Å². The number of benzene rings is 1. The first-order valence-corrected chi connectivity index (χ1v) is 6.56. The SMILES string of the molecule is COc1ccc(C(=O)N2C[C@H]3CNC[C@H]3C2)cc1O. The Morgan fingerprint density at radius 3 is 2.63 bits per heavy atom. The molecule has 1 aromatic carbocycles. The van der Waals surface area contributed by atoms with Crippen LogP contribution < -0.4 is 10.1 Å². The van der Waals surface area contributed by atoms with Crippen molar-refractivity contribution in [2.24, 2.45) is 11.8 Å². The summed E-state index contributed by atoms with van der Waals surface area (Å²) in [4.78, 5) is 14.3. The topological polar surface area (TPSA) is 61.8 Å². The van der Waals surface area contributed by atoms with E-state index in [2.05, 4.69) is 5.32 Å². The molecule has 0 bridgehead atoms. The van der Waals surface area contributed by atoms with Crippen molar-refractivity contribution in [3.63, 3.8) is 0 Å². The van der Waals surface area contributed by atoms with Gasteiger partial charge >= 0.3 is 0 Å². The van der Waals surface area contributed by atoms with E-state index in [0.717, 1.165) is 26.2 Å². The Hall–Kier alpha value is -1.75. The highest BCUT2D eigenvalue weighted by Crippen LogP contribution is 2.30. The molecule has 2 saturated heterocycles. The van der Waals surface area contributed by atoms with Gasteiger partial charge in [0.2, 0.25) is 0 Å². The summed E-state index contributed by atoms with van der Waals surface area (Å²) in [5.74, 6) is 1.55. The molecule has 5 nitrogen and oxygen atoms in total. The van der Waals surface area contributed by atoms with Gasteiger partial charge in [-0.15, -0.1) is 0 Å². The normalized spacial score (nSPS) is 25.4. The molecule has 1 aromatic rings. The van der Waals surface area contributed by atoms with E-state index >= 15 is 0 Å². The van der Waals surface area contributed by atoms with Crippen molar-refractivity contribution < 1.29 is 14.6 Å². The van der Waals surface area contributed by atoms with Crippen LogP contribution in [0.3, 0.4) is 0 Å². The maximum atomic E-state index is 12.4. The number of phenols is 1. The summed E-state index contributed by atoms with van der Waals surface area (Å²) >= 11 is 0. The summed E-state index contributed by atoms with van der Waals surface area (Å²) in [7, 11) is 1.49. The molecule has 2 heterocycles. The van der Waals surface area contributed by atoms with E-state index in [1.807, 2.05) is 4.90 Å². The molecule has 0 spiro atoms. The molecule has 0 aliphatic carbocycles. The lowest BCUT2D eigenvalue weighted by molar-refractivity contribution is 0.0781. The second-order valence-corrected chi connectivity index (χ2v) is 5.28. The van der Waals surface area contributed by atoms with E-state index in [1.54, 1.807) is 12.1 Å². The van der Waals surface area contributed by atoms with Gasteiger partial charge in [0, 0.05) is 31.7 Å². The molecular formula is C14H18N2O3. The molecule has 19 heavy (non-hydrogen) atoms. The van der Waals surface area contributed by atoms with Crippen LogP contribution in [0.1, 0.15) is 10.4 Å². The number of methoxy groups -OCH3 is 1. The minimum absolute atomic E-state index is 0.00708. The minimum Gasteiger partial charge on any atom is -0.504 e. The van der Waals surface area contributed by atoms with Crippen LogP contribution in [0.25, 0.3) is 0 Å². The first-order chi connectivity index (χ1) is 9.19. The Kier molecular flexibility index (Phi) is 3.06. The fourth-order valence-corrected chi connectivity index (χ4v) is 3.03. The van der Waals surface area contributed by atoms with Crippen LogP contribution in [-0.4, -0.2) is 49.2 Å². The van der Waals surface area contributed by atoms with Crippen molar-refractivity contribution in [2.75, 3.05) is 33.3 Å². The average Bonchev–Trinajstić information content (AvgIpc) is 2.98. The Morgan fingerprint density at radius 1 is 1.37 bits per heavy atom. The Bertz CT molecular complexity index is 491. The van der Waals surface area contributed by atoms with Crippen molar-refractivity contribution in [3.05, 3.63) is 23.8 Å². The summed E-state index contributed by atoms with van der Waals surface area (Å²) in [5.41, 5.74) is 0.520. The summed E-state index contributed by atoms with van der Waals surface area (Å²) < 4.78 is 4.98. The Labute approximate surface area is 112 Å². The molecule has 2 fully saturated rings. The molecule has 2 atom stereocenters. The van der Waals surface area contributed by atoms with Crippen molar-refractivity contribution in [3.8, 4) is 11.5 Å². The van der Waals surface area contributed by atoms with E-state index < -0.39 is 0 Å². The van der Waals surface area contributed by atoms with Gasteiger partial charge in [0.05, 0.1) is 7.11 Å². The number of aromatic hydroxyl groups is 1. The largest absolute Gasteiger partial charge is 0.504 e. The smallest absolute Gasteiger partial charge is 0.254 e. The molecule has 0 radical (unpaired) electrons. The van der Waals surface area contributed by atoms with Crippen LogP contribution in [0.4, 0.5) is 0 Å². The summed E-state index contributed by atoms with van der Waals surface area (Å²) in [5, 5.41) is 13.1. The molecule has 2 aliphatic rings. The molecule has 3 rings (SSSR count). The second kappa shape index (κ2) is 4.74. The summed E-state index contributed by atoms with van der Waals surface area (Å²) in [6.07, 6.45) is 0. The second-order valence-electron chi connectivity index (χ2n) is 5.28. The highest BCUT2D eigenvalue weighted by molar-refractivity contribution is 5.95. The van der Waals surface area contributed by atoms with Crippen molar-refractivity contribution in [1.82, 2.24) is 10.2 Å². The molecular weight excluding hydrogens is 244 g/mol. The third-order valence-corrected chi connectivity index (χ3v) is 4.10. The zero-order chi connectivity index (χ0) is 13.4. The number of phenolic OH excluding ortho intramolecular Hbond substituents is 1.